The van der Waals surface area contributed by atoms with E-state index in [9.17, 15) is 5.26 Å². The Balaban J connectivity index is 2.25. The molecule has 3 N–H and O–H groups in total. The number of H-pyrrole nitrogens is 1. The molecule has 2 aromatic heterocycles. The van der Waals surface area contributed by atoms with Gasteiger partial charge in [0, 0.05) is 23.0 Å². The summed E-state index contributed by atoms with van der Waals surface area (Å²) in [5.41, 5.74) is 10.6. The van der Waals surface area contributed by atoms with Crippen molar-refractivity contribution in [3.8, 4) is 34.3 Å². The van der Waals surface area contributed by atoms with E-state index in [1.54, 1.807) is 7.11 Å². The van der Waals surface area contributed by atoms with Crippen LogP contribution in [0, 0.1) is 18.3 Å². The molecular weight excluding hydrogens is 288 g/mol. The Bertz CT molecular complexity index is 875. The zero-order valence-corrected chi connectivity index (χ0v) is 12.9. The van der Waals surface area contributed by atoms with Crippen molar-refractivity contribution in [1.82, 2.24) is 9.97 Å². The van der Waals surface area contributed by atoms with Gasteiger partial charge in [-0.15, -0.1) is 0 Å². The third-order valence-corrected chi connectivity index (χ3v) is 3.81. The number of ether oxygens (including phenoxy) is 1. The Hall–Kier alpha value is -3.26. The monoisotopic (exact) mass is 304 g/mol. The van der Waals surface area contributed by atoms with Crippen molar-refractivity contribution in [3.05, 3.63) is 53.7 Å². The van der Waals surface area contributed by atoms with Crippen molar-refractivity contribution in [2.75, 3.05) is 12.8 Å². The zero-order chi connectivity index (χ0) is 16.4. The molecule has 0 unspecified atom stereocenters. The number of aromatic nitrogens is 2. The molecule has 0 atom stereocenters. The van der Waals surface area contributed by atoms with Crippen LogP contribution in [0.15, 0.2) is 42.6 Å². The first-order valence-electron chi connectivity index (χ1n) is 7.14. The van der Waals surface area contributed by atoms with Crippen molar-refractivity contribution >= 4 is 5.82 Å². The van der Waals surface area contributed by atoms with Crippen LogP contribution in [0.3, 0.4) is 0 Å². The van der Waals surface area contributed by atoms with E-state index in [1.165, 1.54) is 0 Å². The van der Waals surface area contributed by atoms with Crippen LogP contribution in [0.1, 0.15) is 11.1 Å². The minimum Gasteiger partial charge on any atom is -0.497 e. The van der Waals surface area contributed by atoms with Crippen LogP contribution in [-0.4, -0.2) is 17.1 Å². The Kier molecular flexibility index (Phi) is 3.73. The van der Waals surface area contributed by atoms with Crippen molar-refractivity contribution < 1.29 is 4.74 Å². The van der Waals surface area contributed by atoms with Gasteiger partial charge in [0.25, 0.3) is 0 Å². The summed E-state index contributed by atoms with van der Waals surface area (Å²) >= 11 is 0. The molecule has 114 valence electrons. The number of nitrogens with one attached hydrogen (secondary N) is 1. The number of methoxy groups -OCH3 is 1. The molecule has 0 aliphatic rings. The summed E-state index contributed by atoms with van der Waals surface area (Å²) in [4.78, 5) is 7.58. The molecule has 2 heterocycles. The van der Waals surface area contributed by atoms with E-state index < -0.39 is 0 Å². The van der Waals surface area contributed by atoms with E-state index in [2.05, 4.69) is 16.0 Å². The summed E-state index contributed by atoms with van der Waals surface area (Å²) in [5.74, 6) is 1.01. The second-order valence-electron chi connectivity index (χ2n) is 5.14. The van der Waals surface area contributed by atoms with Gasteiger partial charge in [0.2, 0.25) is 0 Å². The number of pyridine rings is 1. The first-order chi connectivity index (χ1) is 11.2. The minimum atomic E-state index is 0.230. The molecule has 0 aliphatic heterocycles. The van der Waals surface area contributed by atoms with Crippen molar-refractivity contribution in [1.29, 1.82) is 5.26 Å². The number of benzene rings is 1. The summed E-state index contributed by atoms with van der Waals surface area (Å²) in [6.07, 6.45) is 1.82. The molecule has 0 fully saturated rings. The molecule has 3 rings (SSSR count). The number of anilines is 1. The van der Waals surface area contributed by atoms with Crippen LogP contribution in [0.4, 0.5) is 5.82 Å². The zero-order valence-electron chi connectivity index (χ0n) is 12.9. The highest BCUT2D eigenvalue weighted by Gasteiger charge is 2.18. The average Bonchev–Trinajstić information content (AvgIpc) is 3.10. The normalized spacial score (nSPS) is 10.3. The van der Waals surface area contributed by atoms with Crippen molar-refractivity contribution in [2.45, 2.75) is 6.92 Å². The van der Waals surface area contributed by atoms with Gasteiger partial charge < -0.3 is 15.5 Å². The maximum Gasteiger partial charge on any atom is 0.142 e. The van der Waals surface area contributed by atoms with E-state index in [0.717, 1.165) is 33.8 Å². The molecule has 1 aromatic carbocycles. The lowest BCUT2D eigenvalue weighted by atomic mass is 9.96. The number of hydrogen-bond donors (Lipinski definition) is 2. The lowest BCUT2D eigenvalue weighted by Gasteiger charge is -2.14. The Labute approximate surface area is 134 Å². The van der Waals surface area contributed by atoms with Gasteiger partial charge in [0.15, 0.2) is 0 Å². The van der Waals surface area contributed by atoms with Gasteiger partial charge in [-0.05, 0) is 48.9 Å². The number of nitriles is 1. The summed E-state index contributed by atoms with van der Waals surface area (Å²) < 4.78 is 5.19. The Morgan fingerprint density at radius 1 is 1.22 bits per heavy atom. The van der Waals surface area contributed by atoms with Gasteiger partial charge in [-0.1, -0.05) is 0 Å². The quantitative estimate of drug-likeness (QED) is 0.775. The minimum absolute atomic E-state index is 0.230. The molecule has 5 nitrogen and oxygen atoms in total. The largest absolute Gasteiger partial charge is 0.497 e. The maximum absolute atomic E-state index is 9.45. The Morgan fingerprint density at radius 2 is 1.96 bits per heavy atom. The number of nitrogens with zero attached hydrogens (tertiary/aromatic N) is 2. The van der Waals surface area contributed by atoms with Crippen LogP contribution < -0.4 is 10.5 Å². The summed E-state index contributed by atoms with van der Waals surface area (Å²) in [6.45, 7) is 1.95. The first kappa shape index (κ1) is 14.7. The maximum atomic E-state index is 9.45. The highest BCUT2D eigenvalue weighted by molar-refractivity contribution is 5.82. The molecule has 0 spiro atoms. The van der Waals surface area contributed by atoms with E-state index in [-0.39, 0.29) is 5.82 Å². The van der Waals surface area contributed by atoms with Crippen LogP contribution in [0.5, 0.6) is 5.75 Å². The molecule has 0 aliphatic carbocycles. The number of hydrogen-bond acceptors (Lipinski definition) is 4. The van der Waals surface area contributed by atoms with E-state index >= 15 is 0 Å². The molecule has 5 heteroatoms. The predicted molar refractivity (Wildman–Crippen MR) is 89.9 cm³/mol. The number of aromatic amines is 1. The SMILES string of the molecule is COc1ccc(-c2nc(N)c(C#N)c(-c3ccc[nH]3)c2C)cc1. The first-order valence-corrected chi connectivity index (χ1v) is 7.14. The summed E-state index contributed by atoms with van der Waals surface area (Å²) in [7, 11) is 1.63. The van der Waals surface area contributed by atoms with Gasteiger partial charge >= 0.3 is 0 Å². The molecule has 0 amide bonds. The predicted octanol–water partition coefficient (Wildman–Crippen LogP) is 3.51. The number of nitrogen functional groups attached to an aromatic ring is 1. The fourth-order valence-electron chi connectivity index (χ4n) is 2.66. The van der Waals surface area contributed by atoms with Gasteiger partial charge in [-0.3, -0.25) is 0 Å². The third-order valence-electron chi connectivity index (χ3n) is 3.81. The van der Waals surface area contributed by atoms with E-state index in [4.69, 9.17) is 10.5 Å². The van der Waals surface area contributed by atoms with Gasteiger partial charge in [0.1, 0.15) is 23.2 Å². The fraction of sp³-hybridized carbons (Fsp3) is 0.111. The van der Waals surface area contributed by atoms with Gasteiger partial charge in [0.05, 0.1) is 12.8 Å². The topological polar surface area (TPSA) is 87.7 Å². The molecule has 0 saturated carbocycles. The van der Waals surface area contributed by atoms with Crippen LogP contribution >= 0.6 is 0 Å². The standard InChI is InChI=1S/C18H16N4O/c1-11-16(15-4-3-9-21-15)14(10-19)18(20)22-17(11)12-5-7-13(23-2)8-6-12/h3-9,21H,1-2H3,(H2,20,22). The molecule has 3 aromatic rings. The highest BCUT2D eigenvalue weighted by Crippen LogP contribution is 2.35. The van der Waals surface area contributed by atoms with Crippen molar-refractivity contribution in [3.63, 3.8) is 0 Å². The second-order valence-corrected chi connectivity index (χ2v) is 5.14. The van der Waals surface area contributed by atoms with Crippen LogP contribution in [0.25, 0.3) is 22.5 Å². The molecule has 0 saturated heterocycles. The van der Waals surface area contributed by atoms with Gasteiger partial charge in [-0.25, -0.2) is 4.98 Å². The lowest BCUT2D eigenvalue weighted by molar-refractivity contribution is 0.415. The van der Waals surface area contributed by atoms with Crippen molar-refractivity contribution in [2.24, 2.45) is 0 Å². The smallest absolute Gasteiger partial charge is 0.142 e. The number of rotatable bonds is 3. The molecule has 0 radical (unpaired) electrons. The summed E-state index contributed by atoms with van der Waals surface area (Å²) in [5, 5.41) is 9.45. The third kappa shape index (κ3) is 2.51. The summed E-state index contributed by atoms with van der Waals surface area (Å²) in [6, 6.07) is 13.6. The van der Waals surface area contributed by atoms with Crippen LogP contribution in [-0.2, 0) is 0 Å². The average molecular weight is 304 g/mol. The van der Waals surface area contributed by atoms with E-state index in [1.807, 2.05) is 49.5 Å². The molecule has 23 heavy (non-hydrogen) atoms. The lowest BCUT2D eigenvalue weighted by Crippen LogP contribution is -2.03. The molecule has 0 bridgehead atoms. The van der Waals surface area contributed by atoms with Gasteiger partial charge in [-0.2, -0.15) is 5.26 Å². The van der Waals surface area contributed by atoms with Crippen LogP contribution in [0.2, 0.25) is 0 Å². The Morgan fingerprint density at radius 3 is 2.52 bits per heavy atom. The highest BCUT2D eigenvalue weighted by atomic mass is 16.5. The number of nitrogens with two attached hydrogens (primary N) is 1. The second kappa shape index (κ2) is 5.85. The fourth-order valence-corrected chi connectivity index (χ4v) is 2.66. The van der Waals surface area contributed by atoms with E-state index in [0.29, 0.717) is 5.56 Å². The molecular formula is C18H16N4O.